The summed E-state index contributed by atoms with van der Waals surface area (Å²) in [7, 11) is -3.39. The molecule has 2 aromatic rings. The summed E-state index contributed by atoms with van der Waals surface area (Å²) in [6, 6.07) is 11.4. The predicted molar refractivity (Wildman–Crippen MR) is 75.5 cm³/mol. The number of nitrogens with two attached hydrogens (primary N) is 1. The Labute approximate surface area is 116 Å². The summed E-state index contributed by atoms with van der Waals surface area (Å²) in [6.45, 7) is 0. The molecule has 0 amide bonds. The van der Waals surface area contributed by atoms with Crippen LogP contribution in [-0.4, -0.2) is 14.7 Å². The van der Waals surface area contributed by atoms with E-state index >= 15 is 0 Å². The van der Waals surface area contributed by atoms with Gasteiger partial charge in [-0.25, -0.2) is 8.42 Å². The average Bonchev–Trinajstić information content (AvgIpc) is 2.30. The van der Waals surface area contributed by atoms with Crippen molar-refractivity contribution in [3.05, 3.63) is 47.5 Å². The highest BCUT2D eigenvalue weighted by atomic mass is 35.5. The molecule has 0 spiro atoms. The zero-order valence-electron chi connectivity index (χ0n) is 10.1. The van der Waals surface area contributed by atoms with Crippen LogP contribution in [0.25, 0.3) is 0 Å². The van der Waals surface area contributed by atoms with Crippen molar-refractivity contribution in [2.45, 2.75) is 4.90 Å². The maximum absolute atomic E-state index is 11.6. The van der Waals surface area contributed by atoms with Gasteiger partial charge in [0.15, 0.2) is 15.6 Å². The molecule has 0 aliphatic heterocycles. The number of ether oxygens (including phenoxy) is 1. The van der Waals surface area contributed by atoms with Gasteiger partial charge in [0, 0.05) is 11.3 Å². The number of sulfone groups is 1. The largest absolute Gasteiger partial charge is 0.455 e. The molecule has 0 aromatic heterocycles. The molecular weight excluding hydrogens is 286 g/mol. The lowest BCUT2D eigenvalue weighted by Gasteiger charge is -2.11. The minimum atomic E-state index is -3.39. The van der Waals surface area contributed by atoms with E-state index in [1.165, 1.54) is 6.07 Å². The van der Waals surface area contributed by atoms with Gasteiger partial charge in [0.2, 0.25) is 0 Å². The van der Waals surface area contributed by atoms with Crippen molar-refractivity contribution in [3.63, 3.8) is 0 Å². The molecule has 0 heterocycles. The summed E-state index contributed by atoms with van der Waals surface area (Å²) in [5.41, 5.74) is 5.91. The summed E-state index contributed by atoms with van der Waals surface area (Å²) >= 11 is 5.85. The number of benzene rings is 2. The van der Waals surface area contributed by atoms with Gasteiger partial charge in [0.25, 0.3) is 0 Å². The Morgan fingerprint density at radius 1 is 1.16 bits per heavy atom. The van der Waals surface area contributed by atoms with Crippen molar-refractivity contribution in [2.75, 3.05) is 12.0 Å². The minimum Gasteiger partial charge on any atom is -0.455 e. The maximum Gasteiger partial charge on any atom is 0.177 e. The van der Waals surface area contributed by atoms with E-state index in [-0.39, 0.29) is 16.3 Å². The van der Waals surface area contributed by atoms with Gasteiger partial charge < -0.3 is 10.5 Å². The molecule has 0 saturated carbocycles. The van der Waals surface area contributed by atoms with E-state index < -0.39 is 9.84 Å². The minimum absolute atomic E-state index is 0.0482. The number of halogens is 1. The fourth-order valence-corrected chi connectivity index (χ4v) is 2.60. The molecule has 0 atom stereocenters. The summed E-state index contributed by atoms with van der Waals surface area (Å²) in [6.07, 6.45) is 1.10. The second kappa shape index (κ2) is 5.11. The van der Waals surface area contributed by atoms with E-state index in [9.17, 15) is 8.42 Å². The topological polar surface area (TPSA) is 69.4 Å². The van der Waals surface area contributed by atoms with E-state index in [4.69, 9.17) is 22.1 Å². The monoisotopic (exact) mass is 297 g/mol. The Balaban J connectivity index is 2.42. The van der Waals surface area contributed by atoms with Gasteiger partial charge in [0.1, 0.15) is 5.75 Å². The van der Waals surface area contributed by atoms with Crippen molar-refractivity contribution >= 4 is 27.1 Å². The molecule has 19 heavy (non-hydrogen) atoms. The molecule has 4 nitrogen and oxygen atoms in total. The van der Waals surface area contributed by atoms with Gasteiger partial charge in [-0.2, -0.15) is 0 Å². The van der Waals surface area contributed by atoms with E-state index in [0.717, 1.165) is 6.26 Å². The quantitative estimate of drug-likeness (QED) is 0.884. The number of hydrogen-bond donors (Lipinski definition) is 1. The Morgan fingerprint density at radius 2 is 1.84 bits per heavy atom. The van der Waals surface area contributed by atoms with Crippen molar-refractivity contribution in [1.29, 1.82) is 0 Å². The molecule has 0 aliphatic carbocycles. The van der Waals surface area contributed by atoms with E-state index in [1.807, 2.05) is 0 Å². The molecule has 2 rings (SSSR count). The third-order valence-electron chi connectivity index (χ3n) is 2.45. The fraction of sp³-hybridized carbons (Fsp3) is 0.0769. The first kappa shape index (κ1) is 13.7. The number of rotatable bonds is 3. The van der Waals surface area contributed by atoms with Crippen LogP contribution in [0, 0.1) is 0 Å². The van der Waals surface area contributed by atoms with Gasteiger partial charge in [-0.1, -0.05) is 23.7 Å². The van der Waals surface area contributed by atoms with Crippen molar-refractivity contribution in [3.8, 4) is 11.5 Å². The van der Waals surface area contributed by atoms with Crippen LogP contribution in [0.3, 0.4) is 0 Å². The Kier molecular flexibility index (Phi) is 3.68. The van der Waals surface area contributed by atoms with Crippen LogP contribution >= 0.6 is 11.6 Å². The third kappa shape index (κ3) is 3.19. The number of hydrogen-bond acceptors (Lipinski definition) is 4. The molecule has 6 heteroatoms. The molecular formula is C13H12ClNO3S. The van der Waals surface area contributed by atoms with Crippen LogP contribution in [0.1, 0.15) is 0 Å². The zero-order chi connectivity index (χ0) is 14.0. The lowest BCUT2D eigenvalue weighted by molar-refractivity contribution is 0.483. The standard InChI is InChI=1S/C13H12ClNO3S/c1-19(16,17)12-7-3-6-11(13(12)15)18-10-5-2-4-9(14)8-10/h2-8H,15H2,1H3. The first-order chi connectivity index (χ1) is 8.88. The third-order valence-corrected chi connectivity index (χ3v) is 3.84. The van der Waals surface area contributed by atoms with Crippen molar-refractivity contribution < 1.29 is 13.2 Å². The first-order valence-electron chi connectivity index (χ1n) is 5.40. The lowest BCUT2D eigenvalue weighted by atomic mass is 10.3. The summed E-state index contributed by atoms with van der Waals surface area (Å²) in [5.74, 6) is 0.773. The number of anilines is 1. The summed E-state index contributed by atoms with van der Waals surface area (Å²) in [4.78, 5) is 0.0482. The zero-order valence-corrected chi connectivity index (χ0v) is 11.7. The Morgan fingerprint density at radius 3 is 2.47 bits per heavy atom. The average molecular weight is 298 g/mol. The highest BCUT2D eigenvalue weighted by molar-refractivity contribution is 7.90. The predicted octanol–water partition coefficient (Wildman–Crippen LogP) is 3.12. The molecule has 100 valence electrons. The second-order valence-corrected chi connectivity index (χ2v) is 6.42. The summed E-state index contributed by atoms with van der Waals surface area (Å²) < 4.78 is 28.7. The van der Waals surface area contributed by atoms with Crippen LogP contribution in [0.15, 0.2) is 47.4 Å². The van der Waals surface area contributed by atoms with Gasteiger partial charge in [0.05, 0.1) is 10.6 Å². The molecule has 2 aromatic carbocycles. The Hall–Kier alpha value is -1.72. The van der Waals surface area contributed by atoms with Gasteiger partial charge in [-0.15, -0.1) is 0 Å². The van der Waals surface area contributed by atoms with Gasteiger partial charge in [-0.3, -0.25) is 0 Å². The smallest absolute Gasteiger partial charge is 0.177 e. The highest BCUT2D eigenvalue weighted by Gasteiger charge is 2.15. The summed E-state index contributed by atoms with van der Waals surface area (Å²) in [5, 5.41) is 0.523. The molecule has 0 unspecified atom stereocenters. The van der Waals surface area contributed by atoms with Crippen LogP contribution in [0.5, 0.6) is 11.5 Å². The number of nitrogen functional groups attached to an aromatic ring is 1. The number of para-hydroxylation sites is 1. The molecule has 0 saturated heterocycles. The van der Waals surface area contributed by atoms with Crippen molar-refractivity contribution in [2.24, 2.45) is 0 Å². The molecule has 0 bridgehead atoms. The lowest BCUT2D eigenvalue weighted by Crippen LogP contribution is -2.03. The van der Waals surface area contributed by atoms with Crippen LogP contribution < -0.4 is 10.5 Å². The highest BCUT2D eigenvalue weighted by Crippen LogP contribution is 2.32. The molecule has 0 fully saturated rings. The van der Waals surface area contributed by atoms with Crippen LogP contribution in [0.4, 0.5) is 5.69 Å². The molecule has 0 aliphatic rings. The SMILES string of the molecule is CS(=O)(=O)c1cccc(Oc2cccc(Cl)c2)c1N. The second-order valence-electron chi connectivity index (χ2n) is 4.00. The molecule has 2 N–H and O–H groups in total. The van der Waals surface area contributed by atoms with Crippen LogP contribution in [0.2, 0.25) is 5.02 Å². The first-order valence-corrected chi connectivity index (χ1v) is 7.67. The molecule has 0 radical (unpaired) electrons. The van der Waals surface area contributed by atoms with Gasteiger partial charge in [-0.05, 0) is 30.3 Å². The van der Waals surface area contributed by atoms with Crippen LogP contribution in [-0.2, 0) is 9.84 Å². The van der Waals surface area contributed by atoms with Crippen molar-refractivity contribution in [1.82, 2.24) is 0 Å². The van der Waals surface area contributed by atoms with E-state index in [2.05, 4.69) is 0 Å². The van der Waals surface area contributed by atoms with Gasteiger partial charge >= 0.3 is 0 Å². The maximum atomic E-state index is 11.6. The van der Waals surface area contributed by atoms with E-state index in [0.29, 0.717) is 10.8 Å². The Bertz CT molecular complexity index is 714. The fourth-order valence-electron chi connectivity index (χ4n) is 1.59. The normalized spacial score (nSPS) is 11.3. The van der Waals surface area contributed by atoms with E-state index in [1.54, 1.807) is 36.4 Å².